The molecule has 2 saturated heterocycles. The lowest BCUT2D eigenvalue weighted by molar-refractivity contribution is -0.189. The number of carbonyl (C=O) groups is 3. The summed E-state index contributed by atoms with van der Waals surface area (Å²) in [6.45, 7) is 2.37. The molecule has 3 aromatic carbocycles. The average molecular weight is 579 g/mol. The van der Waals surface area contributed by atoms with E-state index in [0.717, 1.165) is 27.6 Å². The van der Waals surface area contributed by atoms with Crippen molar-refractivity contribution in [1.29, 1.82) is 0 Å². The minimum atomic E-state index is -0.848. The molecule has 0 bridgehead atoms. The molecule has 10 heteroatoms. The van der Waals surface area contributed by atoms with Crippen molar-refractivity contribution in [2.45, 2.75) is 38.1 Å². The number of aromatic hydroxyl groups is 1. The second-order valence-electron chi connectivity index (χ2n) is 11.1. The molecule has 4 aromatic rings. The van der Waals surface area contributed by atoms with Gasteiger partial charge in [-0.1, -0.05) is 66.7 Å². The first kappa shape index (κ1) is 28.2. The minimum absolute atomic E-state index is 0.0442. The minimum Gasteiger partial charge on any atom is -0.508 e. The standard InChI is InChI=1S/C33H34N6O4/c1-22(27-12-6-10-25-11-7-17-34-31(25)27)37-20-29-38(28(32(37)42)18-23-13-15-26(40)16-14-23)30(41)21-36(2)39(29)33(43)35-19-24-8-4-3-5-9-24/h3-17,22,28-29,40H,18-21H2,1-2H3,(H,35,43)/t22-,28-,29?/m0/s1. The highest BCUT2D eigenvalue weighted by atomic mass is 16.3. The number of aromatic nitrogens is 1. The Bertz CT molecular complexity index is 1640. The maximum atomic E-state index is 14.3. The summed E-state index contributed by atoms with van der Waals surface area (Å²) in [5.74, 6) is -0.310. The normalized spacial score (nSPS) is 19.8. The molecule has 2 fully saturated rings. The van der Waals surface area contributed by atoms with Gasteiger partial charge < -0.3 is 20.2 Å². The van der Waals surface area contributed by atoms with Gasteiger partial charge in [-0.2, -0.15) is 0 Å². The van der Waals surface area contributed by atoms with Crippen LogP contribution in [-0.2, 0) is 22.6 Å². The predicted octanol–water partition coefficient (Wildman–Crippen LogP) is 3.68. The van der Waals surface area contributed by atoms with E-state index < -0.39 is 12.2 Å². The summed E-state index contributed by atoms with van der Waals surface area (Å²) in [6, 6.07) is 24.4. The zero-order chi connectivity index (χ0) is 30.1. The molecule has 0 radical (unpaired) electrons. The van der Waals surface area contributed by atoms with Crippen LogP contribution in [0.15, 0.2) is 91.1 Å². The van der Waals surface area contributed by atoms with Crippen molar-refractivity contribution in [1.82, 2.24) is 30.1 Å². The van der Waals surface area contributed by atoms with Crippen LogP contribution >= 0.6 is 0 Å². The van der Waals surface area contributed by atoms with Gasteiger partial charge in [0, 0.05) is 37.2 Å². The number of amides is 4. The van der Waals surface area contributed by atoms with Crippen LogP contribution in [0.5, 0.6) is 5.75 Å². The number of benzene rings is 3. The Morgan fingerprint density at radius 2 is 1.72 bits per heavy atom. The maximum Gasteiger partial charge on any atom is 0.334 e. The average Bonchev–Trinajstić information content (AvgIpc) is 3.02. The molecule has 1 unspecified atom stereocenters. The number of pyridine rings is 1. The fraction of sp³-hybridized carbons (Fsp3) is 0.273. The number of nitrogens with zero attached hydrogens (tertiary/aromatic N) is 5. The predicted molar refractivity (Wildman–Crippen MR) is 161 cm³/mol. The highest BCUT2D eigenvalue weighted by Gasteiger charge is 2.51. The summed E-state index contributed by atoms with van der Waals surface area (Å²) in [6.07, 6.45) is 1.24. The molecule has 220 valence electrons. The number of carbonyl (C=O) groups excluding carboxylic acids is 3. The highest BCUT2D eigenvalue weighted by molar-refractivity contribution is 5.92. The smallest absolute Gasteiger partial charge is 0.334 e. The molecular formula is C33H34N6O4. The van der Waals surface area contributed by atoms with Gasteiger partial charge in [0.25, 0.3) is 0 Å². The molecule has 43 heavy (non-hydrogen) atoms. The molecule has 0 spiro atoms. The molecule has 2 N–H and O–H groups in total. The van der Waals surface area contributed by atoms with Gasteiger partial charge >= 0.3 is 6.03 Å². The maximum absolute atomic E-state index is 14.3. The third-order valence-electron chi connectivity index (χ3n) is 8.33. The van der Waals surface area contributed by atoms with E-state index >= 15 is 0 Å². The van der Waals surface area contributed by atoms with Crippen molar-refractivity contribution >= 4 is 28.7 Å². The second kappa shape index (κ2) is 11.7. The van der Waals surface area contributed by atoms with Crippen LogP contribution in [0.2, 0.25) is 0 Å². The van der Waals surface area contributed by atoms with Crippen LogP contribution in [0.3, 0.4) is 0 Å². The number of fused-ring (bicyclic) bond motifs is 2. The van der Waals surface area contributed by atoms with Crippen molar-refractivity contribution in [3.05, 3.63) is 108 Å². The van der Waals surface area contributed by atoms with Crippen molar-refractivity contribution in [2.24, 2.45) is 0 Å². The largest absolute Gasteiger partial charge is 0.508 e. The molecule has 3 atom stereocenters. The van der Waals surface area contributed by atoms with E-state index in [-0.39, 0.29) is 49.1 Å². The number of para-hydroxylation sites is 1. The van der Waals surface area contributed by atoms with Gasteiger partial charge in [0.15, 0.2) is 0 Å². The van der Waals surface area contributed by atoms with E-state index in [1.807, 2.05) is 67.6 Å². The number of rotatable bonds is 6. The number of nitrogens with one attached hydrogen (secondary N) is 1. The van der Waals surface area contributed by atoms with E-state index in [4.69, 9.17) is 0 Å². The number of piperazine rings is 1. The van der Waals surface area contributed by atoms with Crippen LogP contribution in [0.25, 0.3) is 10.9 Å². The molecule has 4 amide bonds. The SMILES string of the molecule is C[C@@H](c1cccc2cccnc12)N1CC2N(C(=O)CN(C)N2C(=O)NCc2ccccc2)[C@@H](Cc2ccc(O)cc2)C1=O. The molecule has 3 heterocycles. The van der Waals surface area contributed by atoms with E-state index in [2.05, 4.69) is 10.3 Å². The lowest BCUT2D eigenvalue weighted by atomic mass is 9.95. The summed E-state index contributed by atoms with van der Waals surface area (Å²) in [4.78, 5) is 49.6. The number of phenols is 1. The number of hydrogen-bond acceptors (Lipinski definition) is 6. The fourth-order valence-electron chi connectivity index (χ4n) is 6.16. The van der Waals surface area contributed by atoms with Crippen molar-refractivity contribution in [3.8, 4) is 5.75 Å². The van der Waals surface area contributed by atoms with Crippen LogP contribution < -0.4 is 5.32 Å². The summed E-state index contributed by atoms with van der Waals surface area (Å²) in [5.41, 5.74) is 3.44. The van der Waals surface area contributed by atoms with Crippen molar-refractivity contribution in [3.63, 3.8) is 0 Å². The number of likely N-dealkylation sites (N-methyl/N-ethyl adjacent to an activating group) is 1. The Kier molecular flexibility index (Phi) is 7.69. The highest BCUT2D eigenvalue weighted by Crippen LogP contribution is 2.34. The van der Waals surface area contributed by atoms with Gasteiger partial charge in [0.1, 0.15) is 18.0 Å². The summed E-state index contributed by atoms with van der Waals surface area (Å²) < 4.78 is 0. The molecule has 0 saturated carbocycles. The molecule has 1 aromatic heterocycles. The van der Waals surface area contributed by atoms with Crippen molar-refractivity contribution in [2.75, 3.05) is 20.1 Å². The Balaban J connectivity index is 1.37. The summed E-state index contributed by atoms with van der Waals surface area (Å²) in [7, 11) is 1.71. The quantitative estimate of drug-likeness (QED) is 0.361. The Morgan fingerprint density at radius 3 is 2.49 bits per heavy atom. The lowest BCUT2D eigenvalue weighted by Crippen LogP contribution is -2.76. The molecule has 6 rings (SSSR count). The van der Waals surface area contributed by atoms with Gasteiger partial charge in [-0.15, -0.1) is 0 Å². The zero-order valence-electron chi connectivity index (χ0n) is 24.1. The van der Waals surface area contributed by atoms with Gasteiger partial charge in [0.2, 0.25) is 11.8 Å². The topological polar surface area (TPSA) is 109 Å². The Labute approximate surface area is 250 Å². The lowest BCUT2D eigenvalue weighted by Gasteiger charge is -2.55. The molecule has 2 aliphatic heterocycles. The van der Waals surface area contributed by atoms with E-state index in [0.29, 0.717) is 6.54 Å². The molecular weight excluding hydrogens is 544 g/mol. The third kappa shape index (κ3) is 5.49. The summed E-state index contributed by atoms with van der Waals surface area (Å²) in [5, 5.41) is 17.0. The number of urea groups is 1. The first-order valence-corrected chi connectivity index (χ1v) is 14.4. The second-order valence-corrected chi connectivity index (χ2v) is 11.1. The van der Waals surface area contributed by atoms with E-state index in [1.165, 1.54) is 0 Å². The van der Waals surface area contributed by atoms with Gasteiger partial charge in [-0.05, 0) is 36.2 Å². The van der Waals surface area contributed by atoms with E-state index in [1.54, 1.807) is 57.3 Å². The molecule has 10 nitrogen and oxygen atoms in total. The number of hydrazine groups is 1. The van der Waals surface area contributed by atoms with Gasteiger partial charge in [0.05, 0.1) is 24.6 Å². The Morgan fingerprint density at radius 1 is 0.977 bits per heavy atom. The number of hydrogen-bond donors (Lipinski definition) is 2. The van der Waals surface area contributed by atoms with E-state index in [9.17, 15) is 19.5 Å². The van der Waals surface area contributed by atoms with Gasteiger partial charge in [-0.3, -0.25) is 14.6 Å². The first-order valence-electron chi connectivity index (χ1n) is 14.4. The Hall–Kier alpha value is -4.96. The monoisotopic (exact) mass is 578 g/mol. The summed E-state index contributed by atoms with van der Waals surface area (Å²) >= 11 is 0. The zero-order valence-corrected chi connectivity index (χ0v) is 24.1. The van der Waals surface area contributed by atoms with Crippen molar-refractivity contribution < 1.29 is 19.5 Å². The van der Waals surface area contributed by atoms with Crippen LogP contribution in [0.4, 0.5) is 4.79 Å². The fourth-order valence-corrected chi connectivity index (χ4v) is 6.16. The number of phenolic OH excluding ortho intramolecular Hbond substituents is 1. The van der Waals surface area contributed by atoms with Crippen LogP contribution in [0, 0.1) is 0 Å². The molecule has 2 aliphatic rings. The first-order chi connectivity index (χ1) is 20.8. The van der Waals surface area contributed by atoms with Gasteiger partial charge in [-0.25, -0.2) is 14.8 Å². The van der Waals surface area contributed by atoms with Crippen LogP contribution in [0.1, 0.15) is 29.7 Å². The molecule has 0 aliphatic carbocycles. The third-order valence-corrected chi connectivity index (χ3v) is 8.33. The van der Waals surface area contributed by atoms with Crippen LogP contribution in [-0.4, -0.2) is 80.1 Å².